The summed E-state index contributed by atoms with van der Waals surface area (Å²) in [5.74, 6) is 1.59. The predicted octanol–water partition coefficient (Wildman–Crippen LogP) is 3.72. The van der Waals surface area contributed by atoms with Crippen LogP contribution in [0.3, 0.4) is 0 Å². The Morgan fingerprint density at radius 3 is 2.50 bits per heavy atom. The largest absolute Gasteiger partial charge is 0.370 e. The smallest absolute Gasteiger partial charge is 0.162 e. The summed E-state index contributed by atoms with van der Waals surface area (Å²) in [6.45, 7) is 7.21. The summed E-state index contributed by atoms with van der Waals surface area (Å²) >= 11 is 3.46. The van der Waals surface area contributed by atoms with Crippen molar-refractivity contribution in [3.63, 3.8) is 0 Å². The van der Waals surface area contributed by atoms with Gasteiger partial charge in [-0.3, -0.25) is 0 Å². The van der Waals surface area contributed by atoms with E-state index in [2.05, 4.69) is 52.0 Å². The van der Waals surface area contributed by atoms with Crippen LogP contribution in [0.5, 0.6) is 0 Å². The van der Waals surface area contributed by atoms with E-state index >= 15 is 0 Å². The number of aromatic nitrogens is 2. The normalized spacial score (nSPS) is 11.6. The third-order valence-electron chi connectivity index (χ3n) is 3.23. The molecule has 4 nitrogen and oxygen atoms in total. The first kappa shape index (κ1) is 15.4. The van der Waals surface area contributed by atoms with E-state index in [1.165, 1.54) is 0 Å². The molecule has 1 N–H and O–H groups in total. The van der Waals surface area contributed by atoms with Crippen LogP contribution >= 0.6 is 15.9 Å². The topological polar surface area (TPSA) is 47.0 Å². The van der Waals surface area contributed by atoms with Crippen molar-refractivity contribution in [2.24, 2.45) is 0 Å². The van der Waals surface area contributed by atoms with E-state index < -0.39 is 0 Å². The van der Waals surface area contributed by atoms with Gasteiger partial charge in [-0.05, 0) is 35.2 Å². The standard InChI is InChI=1S/C13H22BrN3O/c1-5-8-15-11-10(14)9-16-12(17-11)13(6-2,7-3)18-4/h9H,5-8H2,1-4H3,(H,15,16,17). The van der Waals surface area contributed by atoms with Crippen LogP contribution in [0.1, 0.15) is 45.9 Å². The van der Waals surface area contributed by atoms with Gasteiger partial charge in [-0.2, -0.15) is 0 Å². The van der Waals surface area contributed by atoms with Crippen molar-refractivity contribution in [1.82, 2.24) is 9.97 Å². The number of ether oxygens (including phenoxy) is 1. The lowest BCUT2D eigenvalue weighted by Gasteiger charge is -2.28. The maximum absolute atomic E-state index is 5.65. The summed E-state index contributed by atoms with van der Waals surface area (Å²) in [6, 6.07) is 0. The van der Waals surface area contributed by atoms with Crippen LogP contribution in [0.2, 0.25) is 0 Å². The molecule has 0 spiro atoms. The Morgan fingerprint density at radius 1 is 1.33 bits per heavy atom. The zero-order valence-corrected chi connectivity index (χ0v) is 13.2. The molecule has 0 unspecified atom stereocenters. The minimum absolute atomic E-state index is 0.386. The molecule has 0 aliphatic carbocycles. The first-order chi connectivity index (χ1) is 8.63. The van der Waals surface area contributed by atoms with Crippen LogP contribution in [0.4, 0.5) is 5.82 Å². The number of hydrogen-bond donors (Lipinski definition) is 1. The number of halogens is 1. The van der Waals surface area contributed by atoms with Crippen LogP contribution in [0.15, 0.2) is 10.7 Å². The third kappa shape index (κ3) is 3.20. The van der Waals surface area contributed by atoms with Gasteiger partial charge in [0.25, 0.3) is 0 Å². The fourth-order valence-electron chi connectivity index (χ4n) is 1.90. The Kier molecular flexibility index (Phi) is 6.02. The van der Waals surface area contributed by atoms with Crippen LogP contribution in [0, 0.1) is 0 Å². The van der Waals surface area contributed by atoms with Gasteiger partial charge in [-0.25, -0.2) is 9.97 Å². The predicted molar refractivity (Wildman–Crippen MR) is 77.8 cm³/mol. The molecule has 0 aromatic carbocycles. The van der Waals surface area contributed by atoms with E-state index in [1.807, 2.05) is 0 Å². The second-order valence-corrected chi connectivity index (χ2v) is 5.08. The van der Waals surface area contributed by atoms with Gasteiger partial charge in [0, 0.05) is 19.9 Å². The Morgan fingerprint density at radius 2 is 2.00 bits per heavy atom. The monoisotopic (exact) mass is 315 g/mol. The van der Waals surface area contributed by atoms with Crippen molar-refractivity contribution in [2.75, 3.05) is 19.0 Å². The first-order valence-corrected chi connectivity index (χ1v) is 7.24. The maximum Gasteiger partial charge on any atom is 0.162 e. The Bertz CT molecular complexity index is 372. The molecule has 1 heterocycles. The highest BCUT2D eigenvalue weighted by molar-refractivity contribution is 9.10. The molecule has 0 saturated heterocycles. The van der Waals surface area contributed by atoms with E-state index in [4.69, 9.17) is 4.74 Å². The molecule has 18 heavy (non-hydrogen) atoms. The summed E-state index contributed by atoms with van der Waals surface area (Å²) < 4.78 is 6.54. The van der Waals surface area contributed by atoms with Gasteiger partial charge in [0.2, 0.25) is 0 Å². The molecule has 0 fully saturated rings. The highest BCUT2D eigenvalue weighted by atomic mass is 79.9. The van der Waals surface area contributed by atoms with Crippen molar-refractivity contribution >= 4 is 21.7 Å². The Balaban J connectivity index is 3.09. The van der Waals surface area contributed by atoms with Gasteiger partial charge in [0.05, 0.1) is 4.47 Å². The fourth-order valence-corrected chi connectivity index (χ4v) is 2.23. The summed E-state index contributed by atoms with van der Waals surface area (Å²) in [5.41, 5.74) is -0.386. The van der Waals surface area contributed by atoms with Crippen molar-refractivity contribution in [2.45, 2.75) is 45.6 Å². The number of methoxy groups -OCH3 is 1. The summed E-state index contributed by atoms with van der Waals surface area (Å²) in [4.78, 5) is 9.01. The number of hydrogen-bond acceptors (Lipinski definition) is 4. The average Bonchev–Trinajstić information content (AvgIpc) is 2.41. The molecule has 5 heteroatoms. The fraction of sp³-hybridized carbons (Fsp3) is 0.692. The Labute approximate surface area is 118 Å². The molecular formula is C13H22BrN3O. The lowest BCUT2D eigenvalue weighted by molar-refractivity contribution is -0.0290. The number of nitrogens with one attached hydrogen (secondary N) is 1. The van der Waals surface area contributed by atoms with Crippen LogP contribution < -0.4 is 5.32 Å². The highest BCUT2D eigenvalue weighted by Gasteiger charge is 2.31. The van der Waals surface area contributed by atoms with Gasteiger partial charge in [-0.15, -0.1) is 0 Å². The van der Waals surface area contributed by atoms with Crippen molar-refractivity contribution < 1.29 is 4.74 Å². The molecule has 0 bridgehead atoms. The summed E-state index contributed by atoms with van der Waals surface area (Å²) in [6.07, 6.45) is 4.56. The van der Waals surface area contributed by atoms with E-state index in [0.717, 1.165) is 41.9 Å². The lowest BCUT2D eigenvalue weighted by atomic mass is 9.96. The van der Waals surface area contributed by atoms with E-state index in [0.29, 0.717) is 0 Å². The zero-order chi connectivity index (χ0) is 13.6. The quantitative estimate of drug-likeness (QED) is 0.833. The van der Waals surface area contributed by atoms with Crippen molar-refractivity contribution in [3.8, 4) is 0 Å². The summed E-state index contributed by atoms with van der Waals surface area (Å²) in [7, 11) is 1.72. The number of nitrogens with zero attached hydrogens (tertiary/aromatic N) is 2. The zero-order valence-electron chi connectivity index (χ0n) is 11.6. The second-order valence-electron chi connectivity index (χ2n) is 4.22. The van der Waals surface area contributed by atoms with Gasteiger partial charge in [-0.1, -0.05) is 20.8 Å². The molecule has 0 amide bonds. The molecule has 0 aliphatic heterocycles. The van der Waals surface area contributed by atoms with Gasteiger partial charge < -0.3 is 10.1 Å². The van der Waals surface area contributed by atoms with Crippen LogP contribution in [0.25, 0.3) is 0 Å². The second kappa shape index (κ2) is 7.04. The molecule has 1 aromatic rings. The number of anilines is 1. The van der Waals surface area contributed by atoms with Gasteiger partial charge >= 0.3 is 0 Å². The van der Waals surface area contributed by atoms with Gasteiger partial charge in [0.1, 0.15) is 11.4 Å². The number of rotatable bonds is 7. The van der Waals surface area contributed by atoms with E-state index in [9.17, 15) is 0 Å². The van der Waals surface area contributed by atoms with Gasteiger partial charge in [0.15, 0.2) is 5.82 Å². The molecule has 1 aromatic heterocycles. The minimum Gasteiger partial charge on any atom is -0.370 e. The van der Waals surface area contributed by atoms with Crippen LogP contribution in [-0.2, 0) is 10.3 Å². The SMILES string of the molecule is CCCNc1nc(C(CC)(CC)OC)ncc1Br. The maximum atomic E-state index is 5.65. The highest BCUT2D eigenvalue weighted by Crippen LogP contribution is 2.31. The van der Waals surface area contributed by atoms with Crippen LogP contribution in [-0.4, -0.2) is 23.6 Å². The minimum atomic E-state index is -0.386. The molecule has 0 saturated carbocycles. The molecule has 0 radical (unpaired) electrons. The lowest BCUT2D eigenvalue weighted by Crippen LogP contribution is -2.29. The molecule has 1 rings (SSSR count). The molecular weight excluding hydrogens is 294 g/mol. The first-order valence-electron chi connectivity index (χ1n) is 6.45. The molecule has 0 atom stereocenters. The Hall–Kier alpha value is -0.680. The average molecular weight is 316 g/mol. The molecule has 102 valence electrons. The van der Waals surface area contributed by atoms with E-state index in [-0.39, 0.29) is 5.60 Å². The third-order valence-corrected chi connectivity index (χ3v) is 3.81. The van der Waals surface area contributed by atoms with Crippen molar-refractivity contribution in [3.05, 3.63) is 16.5 Å². The molecule has 0 aliphatic rings. The summed E-state index contributed by atoms with van der Waals surface area (Å²) in [5, 5.41) is 3.29. The van der Waals surface area contributed by atoms with Crippen molar-refractivity contribution in [1.29, 1.82) is 0 Å². The van der Waals surface area contributed by atoms with E-state index in [1.54, 1.807) is 13.3 Å².